The van der Waals surface area contributed by atoms with E-state index in [1.54, 1.807) is 36.4 Å². The molecule has 0 radical (unpaired) electrons. The molecule has 0 aliphatic carbocycles. The molecule has 4 rings (SSSR count). The van der Waals surface area contributed by atoms with E-state index < -0.39 is 41.7 Å². The van der Waals surface area contributed by atoms with Gasteiger partial charge in [-0.1, -0.05) is 36.4 Å². The third-order valence-electron chi connectivity index (χ3n) is 5.58. The van der Waals surface area contributed by atoms with E-state index in [1.165, 1.54) is 19.1 Å². The first-order valence-electron chi connectivity index (χ1n) is 10.5. The van der Waals surface area contributed by atoms with Gasteiger partial charge in [0.05, 0.1) is 36.3 Å². The Hall–Kier alpha value is -3.19. The van der Waals surface area contributed by atoms with E-state index in [0.717, 1.165) is 0 Å². The largest absolute Gasteiger partial charge is 0.453 e. The fraction of sp³-hybridized carbons (Fsp3) is 0.348. The summed E-state index contributed by atoms with van der Waals surface area (Å²) in [7, 11) is 0. The lowest BCUT2D eigenvalue weighted by Crippen LogP contribution is -2.36. The predicted octanol–water partition coefficient (Wildman–Crippen LogP) is 1.95. The van der Waals surface area contributed by atoms with Gasteiger partial charge in [0.25, 0.3) is 0 Å². The summed E-state index contributed by atoms with van der Waals surface area (Å²) in [6.45, 7) is 1.18. The lowest BCUT2D eigenvalue weighted by atomic mass is 10.0. The Kier molecular flexibility index (Phi) is 7.32. The molecule has 2 aromatic rings. The quantitative estimate of drug-likeness (QED) is 0.330. The van der Waals surface area contributed by atoms with Crippen molar-refractivity contribution < 1.29 is 48.6 Å². The Labute approximate surface area is 194 Å². The van der Waals surface area contributed by atoms with Gasteiger partial charge in [0.2, 0.25) is 0 Å². The second kappa shape index (κ2) is 10.4. The lowest BCUT2D eigenvalue weighted by Gasteiger charge is -2.18. The van der Waals surface area contributed by atoms with Gasteiger partial charge < -0.3 is 18.9 Å². The highest BCUT2D eigenvalue weighted by molar-refractivity contribution is 6.05. The molecular weight excluding hydrogens is 450 g/mol. The zero-order chi connectivity index (χ0) is 24.2. The Morgan fingerprint density at radius 2 is 1.35 bits per heavy atom. The van der Waals surface area contributed by atoms with Crippen molar-refractivity contribution in [2.45, 2.75) is 37.9 Å². The molecule has 0 unspecified atom stereocenters. The standard InChI is InChI=1S/C23H23NO10/c1-13(25)15-7-4-5-9-17(15)23(27)34-19-12-31-20-18(11-30-21(19)20)33-22(26)16-8-3-2-6-14(16)10-32-24(28)29/h2-9,18-21,28-29H,10-12H2,1H3/t18-,19+,20-,21-/m1/s1. The molecule has 2 heterocycles. The first kappa shape index (κ1) is 24.0. The molecule has 0 aromatic heterocycles. The second-order valence-electron chi connectivity index (χ2n) is 7.77. The number of carbonyl (C=O) groups excluding carboxylic acids is 3. The van der Waals surface area contributed by atoms with Crippen molar-refractivity contribution >= 4 is 17.7 Å². The van der Waals surface area contributed by atoms with Crippen LogP contribution in [-0.4, -0.2) is 71.2 Å². The molecule has 0 bridgehead atoms. The van der Waals surface area contributed by atoms with Crippen LogP contribution in [0.2, 0.25) is 0 Å². The molecule has 0 amide bonds. The SMILES string of the molecule is CC(=O)c1ccccc1C(=O)O[C@H]1CO[C@H]2[C@@H]1OC[C@H]2OC(=O)c1ccccc1CON(O)O. The minimum atomic E-state index is -0.744. The zero-order valence-electron chi connectivity index (χ0n) is 18.2. The van der Waals surface area contributed by atoms with Crippen molar-refractivity contribution in [3.8, 4) is 0 Å². The molecule has 2 N–H and O–H groups in total. The predicted molar refractivity (Wildman–Crippen MR) is 111 cm³/mol. The van der Waals surface area contributed by atoms with Crippen LogP contribution in [-0.2, 0) is 30.4 Å². The summed E-state index contributed by atoms with van der Waals surface area (Å²) >= 11 is 0. The number of ketones is 1. The fourth-order valence-corrected chi connectivity index (χ4v) is 3.97. The molecule has 11 nitrogen and oxygen atoms in total. The highest BCUT2D eigenvalue weighted by atomic mass is 17.1. The number of fused-ring (bicyclic) bond motifs is 1. The summed E-state index contributed by atoms with van der Waals surface area (Å²) in [5.74, 6) is -1.59. The van der Waals surface area contributed by atoms with Crippen molar-refractivity contribution in [2.75, 3.05) is 13.2 Å². The van der Waals surface area contributed by atoms with E-state index in [0.29, 0.717) is 5.56 Å². The number of esters is 2. The van der Waals surface area contributed by atoms with Gasteiger partial charge in [-0.3, -0.25) is 15.2 Å². The van der Waals surface area contributed by atoms with Crippen LogP contribution >= 0.6 is 0 Å². The fourth-order valence-electron chi connectivity index (χ4n) is 3.97. The van der Waals surface area contributed by atoms with Gasteiger partial charge in [-0.2, -0.15) is 0 Å². The van der Waals surface area contributed by atoms with Gasteiger partial charge >= 0.3 is 11.9 Å². The molecule has 2 aliphatic heterocycles. The monoisotopic (exact) mass is 473 g/mol. The number of Topliss-reactive ketones (excluding diaryl/α,β-unsaturated/α-hetero) is 1. The molecule has 4 atom stereocenters. The van der Waals surface area contributed by atoms with Crippen LogP contribution in [0.3, 0.4) is 0 Å². The number of ether oxygens (including phenoxy) is 4. The van der Waals surface area contributed by atoms with Crippen LogP contribution in [0.1, 0.15) is 43.6 Å². The molecule has 2 saturated heterocycles. The summed E-state index contributed by atoms with van der Waals surface area (Å²) in [5, 5.41) is 17.0. The first-order chi connectivity index (χ1) is 16.3. The van der Waals surface area contributed by atoms with E-state index in [-0.39, 0.29) is 42.3 Å². The average Bonchev–Trinajstić information content (AvgIpc) is 3.41. The van der Waals surface area contributed by atoms with Crippen molar-refractivity contribution in [3.05, 3.63) is 70.8 Å². The van der Waals surface area contributed by atoms with Gasteiger partial charge in [0.1, 0.15) is 12.2 Å². The Balaban J connectivity index is 1.39. The van der Waals surface area contributed by atoms with Crippen LogP contribution in [0.25, 0.3) is 0 Å². The molecule has 2 fully saturated rings. The maximum absolute atomic E-state index is 12.8. The van der Waals surface area contributed by atoms with Crippen molar-refractivity contribution in [3.63, 3.8) is 0 Å². The maximum Gasteiger partial charge on any atom is 0.339 e. The smallest absolute Gasteiger partial charge is 0.339 e. The average molecular weight is 473 g/mol. The number of hydrogen-bond donors (Lipinski definition) is 2. The van der Waals surface area contributed by atoms with E-state index >= 15 is 0 Å². The Morgan fingerprint density at radius 1 is 0.853 bits per heavy atom. The third kappa shape index (κ3) is 5.14. The van der Waals surface area contributed by atoms with Gasteiger partial charge in [-0.15, -0.1) is 0 Å². The highest BCUT2D eigenvalue weighted by Gasteiger charge is 2.51. The topological polar surface area (TPSA) is 141 Å². The van der Waals surface area contributed by atoms with E-state index in [2.05, 4.69) is 4.84 Å². The van der Waals surface area contributed by atoms with E-state index in [9.17, 15) is 14.4 Å². The molecule has 0 saturated carbocycles. The molecule has 2 aromatic carbocycles. The summed E-state index contributed by atoms with van der Waals surface area (Å²) in [4.78, 5) is 41.8. The Bertz CT molecular complexity index is 1070. The summed E-state index contributed by atoms with van der Waals surface area (Å²) in [5.41, 5.74) is 0.965. The van der Waals surface area contributed by atoms with E-state index in [1.807, 2.05) is 0 Å². The van der Waals surface area contributed by atoms with Crippen LogP contribution in [0.4, 0.5) is 0 Å². The minimum absolute atomic E-state index is 0.0406. The highest BCUT2D eigenvalue weighted by Crippen LogP contribution is 2.32. The molecule has 0 spiro atoms. The normalized spacial score (nSPS) is 23.5. The van der Waals surface area contributed by atoms with Crippen LogP contribution in [0, 0.1) is 0 Å². The van der Waals surface area contributed by atoms with E-state index in [4.69, 9.17) is 29.4 Å². The number of carbonyl (C=O) groups is 3. The van der Waals surface area contributed by atoms with Crippen molar-refractivity contribution in [1.29, 1.82) is 0 Å². The van der Waals surface area contributed by atoms with Gasteiger partial charge in [0.15, 0.2) is 18.0 Å². The summed E-state index contributed by atoms with van der Waals surface area (Å²) in [6, 6.07) is 12.7. The molecule has 2 aliphatic rings. The lowest BCUT2D eigenvalue weighted by molar-refractivity contribution is -0.497. The van der Waals surface area contributed by atoms with Crippen LogP contribution < -0.4 is 0 Å². The van der Waals surface area contributed by atoms with Crippen LogP contribution in [0.5, 0.6) is 0 Å². The number of hydrogen-bond acceptors (Lipinski definition) is 11. The van der Waals surface area contributed by atoms with Crippen molar-refractivity contribution in [2.24, 2.45) is 0 Å². The van der Waals surface area contributed by atoms with Crippen LogP contribution in [0.15, 0.2) is 48.5 Å². The summed E-state index contributed by atoms with van der Waals surface area (Å²) in [6.07, 6.45) is -2.75. The molecule has 34 heavy (non-hydrogen) atoms. The third-order valence-corrected chi connectivity index (χ3v) is 5.58. The summed E-state index contributed by atoms with van der Waals surface area (Å²) < 4.78 is 22.6. The first-order valence-corrected chi connectivity index (χ1v) is 10.5. The number of nitrogens with zero attached hydrogens (tertiary/aromatic N) is 1. The minimum Gasteiger partial charge on any atom is -0.453 e. The van der Waals surface area contributed by atoms with Gasteiger partial charge in [-0.25, -0.2) is 14.4 Å². The van der Waals surface area contributed by atoms with Gasteiger partial charge in [-0.05, 0) is 24.6 Å². The zero-order valence-corrected chi connectivity index (χ0v) is 18.2. The second-order valence-corrected chi connectivity index (χ2v) is 7.77. The molecule has 11 heteroatoms. The van der Waals surface area contributed by atoms with Gasteiger partial charge in [0, 0.05) is 5.56 Å². The number of rotatable bonds is 8. The maximum atomic E-state index is 12.8. The van der Waals surface area contributed by atoms with Crippen molar-refractivity contribution in [1.82, 2.24) is 5.39 Å². The molecular formula is C23H23NO10. The molecule has 180 valence electrons. The Morgan fingerprint density at radius 3 is 1.91 bits per heavy atom. The number of benzene rings is 2.